The van der Waals surface area contributed by atoms with Crippen molar-refractivity contribution in [3.05, 3.63) is 60.2 Å². The molecule has 214 valence electrons. The number of carbonyl (C=O) groups is 3. The van der Waals surface area contributed by atoms with Gasteiger partial charge in [-0.15, -0.1) is 11.8 Å². The van der Waals surface area contributed by atoms with Crippen LogP contribution in [0.4, 0.5) is 0 Å². The number of likely N-dealkylation sites (tertiary alicyclic amines) is 1. The Morgan fingerprint density at radius 3 is 2.52 bits per heavy atom. The molecular formula is C32H40N2O5S. The predicted octanol–water partition coefficient (Wildman–Crippen LogP) is 3.90. The molecule has 6 atom stereocenters. The summed E-state index contributed by atoms with van der Waals surface area (Å²) in [5, 5.41) is 10.7. The molecule has 4 aliphatic heterocycles. The topological polar surface area (TPSA) is 87.1 Å². The lowest BCUT2D eigenvalue weighted by Gasteiger charge is -2.42. The van der Waals surface area contributed by atoms with Gasteiger partial charge in [0.05, 0.1) is 35.8 Å². The first-order valence-electron chi connectivity index (χ1n) is 14.9. The van der Waals surface area contributed by atoms with E-state index in [1.165, 1.54) is 6.42 Å². The van der Waals surface area contributed by atoms with Gasteiger partial charge in [0.15, 0.2) is 0 Å². The van der Waals surface area contributed by atoms with Crippen molar-refractivity contribution in [2.24, 2.45) is 11.8 Å². The number of amides is 2. The van der Waals surface area contributed by atoms with Gasteiger partial charge in [-0.2, -0.15) is 0 Å². The standard InChI is InChI=1S/C32H40N2O5S/c1-31-16-9-4-10-19-39-30(38)26(31)25-28(36)34(24(21-35)20-22-12-5-2-6-13-22)27-29(37)33(23-14-7-3-8-15-23)18-11-17-32(25,27)40-31/h2,5-6,9,11-13,16-17,23-27,35H,3-4,7-8,10,14-15,18-21H2,1H3/b16-9-/t24-,25+,26-,27?,31+,32+/m1/s1. The summed E-state index contributed by atoms with van der Waals surface area (Å²) in [4.78, 5) is 46.7. The number of cyclic esters (lactones) is 1. The van der Waals surface area contributed by atoms with Gasteiger partial charge in [0, 0.05) is 17.3 Å². The van der Waals surface area contributed by atoms with Gasteiger partial charge in [0.2, 0.25) is 11.8 Å². The van der Waals surface area contributed by atoms with E-state index in [1.54, 1.807) is 16.7 Å². The molecule has 2 saturated heterocycles. The first kappa shape index (κ1) is 27.6. The third kappa shape index (κ3) is 4.51. The minimum Gasteiger partial charge on any atom is -0.465 e. The number of hydrogen-bond donors (Lipinski definition) is 1. The Bertz CT molecular complexity index is 1200. The van der Waals surface area contributed by atoms with Crippen LogP contribution in [0.15, 0.2) is 54.6 Å². The number of aliphatic hydroxyl groups excluding tert-OH is 1. The molecule has 1 aliphatic carbocycles. The maximum absolute atomic E-state index is 14.7. The number of hydrogen-bond acceptors (Lipinski definition) is 6. The smallest absolute Gasteiger partial charge is 0.311 e. The summed E-state index contributed by atoms with van der Waals surface area (Å²) in [7, 11) is 0. The highest BCUT2D eigenvalue weighted by Crippen LogP contribution is 2.65. The molecule has 1 saturated carbocycles. The van der Waals surface area contributed by atoms with E-state index in [2.05, 4.69) is 24.3 Å². The van der Waals surface area contributed by atoms with Crippen molar-refractivity contribution < 1.29 is 24.2 Å². The maximum atomic E-state index is 14.7. The summed E-state index contributed by atoms with van der Waals surface area (Å²) in [6.45, 7) is 2.57. The average molecular weight is 565 g/mol. The first-order chi connectivity index (χ1) is 19.4. The lowest BCUT2D eigenvalue weighted by atomic mass is 9.74. The summed E-state index contributed by atoms with van der Waals surface area (Å²) < 4.78 is 4.12. The summed E-state index contributed by atoms with van der Waals surface area (Å²) in [5.74, 6) is -2.12. The fourth-order valence-corrected chi connectivity index (χ4v) is 9.98. The predicted molar refractivity (Wildman–Crippen MR) is 154 cm³/mol. The molecule has 1 spiro atoms. The van der Waals surface area contributed by atoms with Gasteiger partial charge in [0.25, 0.3) is 0 Å². The highest BCUT2D eigenvalue weighted by molar-refractivity contribution is 8.02. The molecule has 3 fully saturated rings. The summed E-state index contributed by atoms with van der Waals surface area (Å²) in [6.07, 6.45) is 15.6. The lowest BCUT2D eigenvalue weighted by Crippen LogP contribution is -2.58. The zero-order valence-electron chi connectivity index (χ0n) is 23.2. The zero-order chi connectivity index (χ0) is 27.9. The number of nitrogens with zero attached hydrogens (tertiary/aromatic N) is 2. The molecule has 7 nitrogen and oxygen atoms in total. The van der Waals surface area contributed by atoms with Gasteiger partial charge < -0.3 is 19.6 Å². The van der Waals surface area contributed by atoms with Crippen LogP contribution in [0.1, 0.15) is 57.4 Å². The molecule has 2 amide bonds. The number of esters is 1. The molecular weight excluding hydrogens is 524 g/mol. The minimum absolute atomic E-state index is 0.0563. The summed E-state index contributed by atoms with van der Waals surface area (Å²) in [6, 6.07) is 8.54. The van der Waals surface area contributed by atoms with E-state index in [1.807, 2.05) is 42.2 Å². The van der Waals surface area contributed by atoms with Crippen LogP contribution in [0.2, 0.25) is 0 Å². The van der Waals surface area contributed by atoms with Crippen molar-refractivity contribution in [1.29, 1.82) is 0 Å². The molecule has 5 aliphatic rings. The Labute approximate surface area is 241 Å². The third-order valence-electron chi connectivity index (χ3n) is 9.65. The van der Waals surface area contributed by atoms with Crippen molar-refractivity contribution in [3.8, 4) is 0 Å². The number of benzene rings is 1. The highest BCUT2D eigenvalue weighted by Gasteiger charge is 2.74. The van der Waals surface area contributed by atoms with Crippen molar-refractivity contribution in [2.45, 2.75) is 85.9 Å². The second-order valence-corrected chi connectivity index (χ2v) is 14.0. The Morgan fingerprint density at radius 2 is 1.77 bits per heavy atom. The van der Waals surface area contributed by atoms with Crippen molar-refractivity contribution in [1.82, 2.24) is 9.80 Å². The molecule has 1 N–H and O–H groups in total. The van der Waals surface area contributed by atoms with Crippen LogP contribution < -0.4 is 0 Å². The van der Waals surface area contributed by atoms with Gasteiger partial charge >= 0.3 is 5.97 Å². The minimum atomic E-state index is -0.927. The van der Waals surface area contributed by atoms with Crippen molar-refractivity contribution in [3.63, 3.8) is 0 Å². The van der Waals surface area contributed by atoms with Crippen LogP contribution in [0.25, 0.3) is 0 Å². The van der Waals surface area contributed by atoms with Crippen LogP contribution in [-0.4, -0.2) is 80.1 Å². The Kier molecular flexibility index (Phi) is 7.59. The number of ether oxygens (including phenoxy) is 1. The van der Waals surface area contributed by atoms with Gasteiger partial charge in [-0.25, -0.2) is 0 Å². The number of rotatable bonds is 5. The fraction of sp³-hybridized carbons (Fsp3) is 0.594. The van der Waals surface area contributed by atoms with Crippen LogP contribution in [0.3, 0.4) is 0 Å². The molecule has 4 heterocycles. The number of thioether (sulfide) groups is 1. The van der Waals surface area contributed by atoms with Crippen LogP contribution in [0, 0.1) is 11.8 Å². The molecule has 0 radical (unpaired) electrons. The second-order valence-electron chi connectivity index (χ2n) is 12.2. The molecule has 1 aromatic carbocycles. The molecule has 0 bridgehead atoms. The number of carbonyl (C=O) groups excluding carboxylic acids is 3. The zero-order valence-corrected chi connectivity index (χ0v) is 24.1. The molecule has 6 rings (SSSR count). The fourth-order valence-electron chi connectivity index (χ4n) is 7.84. The van der Waals surface area contributed by atoms with Crippen LogP contribution in [-0.2, 0) is 25.5 Å². The van der Waals surface area contributed by atoms with E-state index in [-0.39, 0.29) is 30.4 Å². The molecule has 40 heavy (non-hydrogen) atoms. The Hall–Kier alpha value is -2.58. The quantitative estimate of drug-likeness (QED) is 0.431. The van der Waals surface area contributed by atoms with E-state index in [9.17, 15) is 19.5 Å². The number of fused-ring (bicyclic) bond motifs is 2. The summed E-state index contributed by atoms with van der Waals surface area (Å²) >= 11 is 1.58. The average Bonchev–Trinajstić information content (AvgIpc) is 3.32. The van der Waals surface area contributed by atoms with E-state index in [4.69, 9.17) is 4.74 Å². The second kappa shape index (κ2) is 11.0. The summed E-state index contributed by atoms with van der Waals surface area (Å²) in [5.41, 5.74) is 0.989. The van der Waals surface area contributed by atoms with E-state index in [0.717, 1.165) is 44.1 Å². The SMILES string of the molecule is C[C@]12/C=C\CCCOC(=O)[C@H]1[C@H]1C(=O)N([C@@H](CO)Cc3ccccc3)C3C(=O)N(C4CCCCC4)CC=C[C@@]31S2. The maximum Gasteiger partial charge on any atom is 0.311 e. The Morgan fingerprint density at radius 1 is 1.00 bits per heavy atom. The number of aliphatic hydroxyl groups is 1. The van der Waals surface area contributed by atoms with E-state index >= 15 is 0 Å². The number of allylic oxidation sites excluding steroid dienone is 1. The molecule has 1 unspecified atom stereocenters. The molecule has 1 aromatic rings. The molecule has 8 heteroatoms. The van der Waals surface area contributed by atoms with Gasteiger partial charge in [-0.05, 0) is 44.6 Å². The lowest BCUT2D eigenvalue weighted by molar-refractivity contribution is -0.154. The van der Waals surface area contributed by atoms with Crippen molar-refractivity contribution in [2.75, 3.05) is 19.8 Å². The molecule has 0 aromatic heterocycles. The first-order valence-corrected chi connectivity index (χ1v) is 15.7. The van der Waals surface area contributed by atoms with Gasteiger partial charge in [-0.1, -0.05) is 73.9 Å². The highest BCUT2D eigenvalue weighted by atomic mass is 32.2. The van der Waals surface area contributed by atoms with Crippen LogP contribution >= 0.6 is 11.8 Å². The van der Waals surface area contributed by atoms with Gasteiger partial charge in [0.1, 0.15) is 6.04 Å². The monoisotopic (exact) mass is 564 g/mol. The van der Waals surface area contributed by atoms with E-state index in [0.29, 0.717) is 19.6 Å². The largest absolute Gasteiger partial charge is 0.465 e. The third-order valence-corrected chi connectivity index (χ3v) is 11.4. The normalized spacial score (nSPS) is 36.0. The van der Waals surface area contributed by atoms with Crippen LogP contribution in [0.5, 0.6) is 0 Å². The van der Waals surface area contributed by atoms with E-state index < -0.39 is 33.4 Å². The van der Waals surface area contributed by atoms with Crippen molar-refractivity contribution >= 4 is 29.5 Å². The Balaban J connectivity index is 1.47. The van der Waals surface area contributed by atoms with Gasteiger partial charge in [-0.3, -0.25) is 14.4 Å².